The van der Waals surface area contributed by atoms with Crippen molar-refractivity contribution >= 4 is 33.2 Å². The Morgan fingerprint density at radius 2 is 2.43 bits per heavy atom. The molecule has 2 rings (SSSR count). The topological polar surface area (TPSA) is 29.9 Å². The van der Waals surface area contributed by atoms with Crippen LogP contribution in [0.5, 0.6) is 0 Å². The van der Waals surface area contributed by atoms with Crippen LogP contribution < -0.4 is 5.32 Å². The van der Waals surface area contributed by atoms with Crippen molar-refractivity contribution in [1.82, 2.24) is 9.55 Å². The number of thiophene rings is 1. The van der Waals surface area contributed by atoms with Crippen LogP contribution in [0.25, 0.3) is 0 Å². The quantitative estimate of drug-likeness (QED) is 0.931. The number of halogens is 1. The van der Waals surface area contributed by atoms with E-state index in [-0.39, 0.29) is 0 Å². The van der Waals surface area contributed by atoms with Crippen molar-refractivity contribution in [2.75, 3.05) is 12.4 Å². The van der Waals surface area contributed by atoms with Crippen LogP contribution in [0.4, 0.5) is 5.95 Å². The minimum absolute atomic E-state index is 0.868. The first-order chi connectivity index (χ1) is 6.79. The highest BCUT2D eigenvalue weighted by molar-refractivity contribution is 9.11. The summed E-state index contributed by atoms with van der Waals surface area (Å²) in [7, 11) is 1.88. The number of aromatic nitrogens is 2. The molecule has 0 amide bonds. The Balaban J connectivity index is 2.18. The Labute approximate surface area is 94.9 Å². The molecule has 0 spiro atoms. The van der Waals surface area contributed by atoms with Crippen LogP contribution in [0.2, 0.25) is 0 Å². The number of nitrogens with zero attached hydrogens (tertiary/aromatic N) is 2. The third kappa shape index (κ3) is 1.99. The van der Waals surface area contributed by atoms with E-state index in [0.717, 1.165) is 12.5 Å². The first-order valence-corrected chi connectivity index (χ1v) is 5.83. The molecular weight excluding hydrogens is 262 g/mol. The van der Waals surface area contributed by atoms with Gasteiger partial charge in [-0.3, -0.25) is 0 Å². The summed E-state index contributed by atoms with van der Waals surface area (Å²) in [6.45, 7) is 0.868. The van der Waals surface area contributed by atoms with Crippen molar-refractivity contribution in [2.24, 2.45) is 0 Å². The van der Waals surface area contributed by atoms with E-state index in [2.05, 4.69) is 42.9 Å². The van der Waals surface area contributed by atoms with Crippen LogP contribution in [-0.2, 0) is 6.54 Å². The first kappa shape index (κ1) is 9.73. The normalized spacial score (nSPS) is 10.4. The van der Waals surface area contributed by atoms with E-state index >= 15 is 0 Å². The van der Waals surface area contributed by atoms with Gasteiger partial charge < -0.3 is 9.88 Å². The highest BCUT2D eigenvalue weighted by atomic mass is 79.9. The highest BCUT2D eigenvalue weighted by Crippen LogP contribution is 2.23. The van der Waals surface area contributed by atoms with Gasteiger partial charge in [0.15, 0.2) is 0 Å². The molecule has 1 N–H and O–H groups in total. The molecular formula is C9H10BrN3S. The third-order valence-corrected chi connectivity index (χ3v) is 3.50. The van der Waals surface area contributed by atoms with Crippen molar-refractivity contribution in [3.8, 4) is 0 Å². The Morgan fingerprint density at radius 3 is 3.07 bits per heavy atom. The van der Waals surface area contributed by atoms with Gasteiger partial charge >= 0.3 is 0 Å². The Morgan fingerprint density at radius 1 is 1.57 bits per heavy atom. The second-order valence-electron chi connectivity index (χ2n) is 2.83. The molecule has 0 unspecified atom stereocenters. The minimum atomic E-state index is 0.868. The lowest BCUT2D eigenvalue weighted by molar-refractivity contribution is 0.818. The lowest BCUT2D eigenvalue weighted by Gasteiger charge is -2.04. The van der Waals surface area contributed by atoms with E-state index in [0.29, 0.717) is 0 Å². The zero-order chi connectivity index (χ0) is 9.97. The van der Waals surface area contributed by atoms with Gasteiger partial charge in [-0.1, -0.05) is 0 Å². The maximum absolute atomic E-state index is 4.18. The Bertz CT molecular complexity index is 421. The zero-order valence-corrected chi connectivity index (χ0v) is 10.1. The summed E-state index contributed by atoms with van der Waals surface area (Å²) in [4.78, 5) is 5.49. The van der Waals surface area contributed by atoms with Crippen LogP contribution in [0.1, 0.15) is 4.88 Å². The molecule has 0 radical (unpaired) electrons. The second kappa shape index (κ2) is 4.14. The molecule has 5 heteroatoms. The maximum atomic E-state index is 4.18. The molecule has 0 bridgehead atoms. The summed E-state index contributed by atoms with van der Waals surface area (Å²) in [5.74, 6) is 0.898. The van der Waals surface area contributed by atoms with Gasteiger partial charge in [0, 0.05) is 24.3 Å². The number of hydrogen-bond donors (Lipinski definition) is 1. The van der Waals surface area contributed by atoms with Crippen LogP contribution in [0.3, 0.4) is 0 Å². The van der Waals surface area contributed by atoms with Gasteiger partial charge in [0.1, 0.15) is 0 Å². The molecule has 0 atom stereocenters. The van der Waals surface area contributed by atoms with Gasteiger partial charge in [-0.25, -0.2) is 4.98 Å². The van der Waals surface area contributed by atoms with Crippen LogP contribution in [0.15, 0.2) is 28.3 Å². The van der Waals surface area contributed by atoms with E-state index in [1.807, 2.05) is 13.2 Å². The molecule has 14 heavy (non-hydrogen) atoms. The average molecular weight is 272 g/mol. The lowest BCUT2D eigenvalue weighted by atomic mass is 10.4. The van der Waals surface area contributed by atoms with Gasteiger partial charge in [-0.05, 0) is 28.1 Å². The maximum Gasteiger partial charge on any atom is 0.202 e. The number of anilines is 1. The molecule has 0 saturated carbocycles. The van der Waals surface area contributed by atoms with Crippen molar-refractivity contribution in [3.63, 3.8) is 0 Å². The van der Waals surface area contributed by atoms with Crippen molar-refractivity contribution < 1.29 is 0 Å². The number of imidazole rings is 1. The smallest absolute Gasteiger partial charge is 0.202 e. The Hall–Kier alpha value is -0.810. The fourth-order valence-corrected chi connectivity index (χ4v) is 2.75. The second-order valence-corrected chi connectivity index (χ2v) is 5.38. The lowest BCUT2D eigenvalue weighted by Crippen LogP contribution is -2.02. The standard InChI is InChI=1S/C9H10BrN3S/c1-11-9-12-4-5-13(9)6-7-2-3-8(10)14-7/h2-5H,6H2,1H3,(H,11,12). The highest BCUT2D eigenvalue weighted by Gasteiger charge is 2.02. The zero-order valence-electron chi connectivity index (χ0n) is 7.70. The molecule has 3 nitrogen and oxygen atoms in total. The number of hydrogen-bond acceptors (Lipinski definition) is 3. The molecule has 2 heterocycles. The summed E-state index contributed by atoms with van der Waals surface area (Å²) in [6.07, 6.45) is 3.77. The van der Waals surface area contributed by atoms with Gasteiger partial charge in [-0.2, -0.15) is 0 Å². The summed E-state index contributed by atoms with van der Waals surface area (Å²) >= 11 is 5.20. The van der Waals surface area contributed by atoms with E-state index in [1.54, 1.807) is 17.5 Å². The summed E-state index contributed by atoms with van der Waals surface area (Å²) in [5, 5.41) is 3.05. The predicted molar refractivity (Wildman–Crippen MR) is 62.9 cm³/mol. The van der Waals surface area contributed by atoms with Gasteiger partial charge in [0.2, 0.25) is 5.95 Å². The van der Waals surface area contributed by atoms with Crippen LogP contribution in [0, 0.1) is 0 Å². The van der Waals surface area contributed by atoms with E-state index in [1.165, 1.54) is 8.66 Å². The minimum Gasteiger partial charge on any atom is -0.359 e. The first-order valence-electron chi connectivity index (χ1n) is 4.22. The molecule has 0 fully saturated rings. The van der Waals surface area contributed by atoms with E-state index in [4.69, 9.17) is 0 Å². The fraction of sp³-hybridized carbons (Fsp3) is 0.222. The van der Waals surface area contributed by atoms with Crippen LogP contribution >= 0.6 is 27.3 Å². The molecule has 2 aromatic heterocycles. The van der Waals surface area contributed by atoms with Gasteiger partial charge in [0.25, 0.3) is 0 Å². The largest absolute Gasteiger partial charge is 0.359 e. The van der Waals surface area contributed by atoms with Crippen molar-refractivity contribution in [2.45, 2.75) is 6.54 Å². The average Bonchev–Trinajstić information content (AvgIpc) is 2.76. The monoisotopic (exact) mass is 271 g/mol. The molecule has 0 aliphatic heterocycles. The van der Waals surface area contributed by atoms with E-state index < -0.39 is 0 Å². The molecule has 2 aromatic rings. The summed E-state index contributed by atoms with van der Waals surface area (Å²) < 4.78 is 3.25. The van der Waals surface area contributed by atoms with Crippen molar-refractivity contribution in [1.29, 1.82) is 0 Å². The van der Waals surface area contributed by atoms with E-state index in [9.17, 15) is 0 Å². The third-order valence-electron chi connectivity index (χ3n) is 1.89. The summed E-state index contributed by atoms with van der Waals surface area (Å²) in [6, 6.07) is 4.18. The van der Waals surface area contributed by atoms with Crippen LogP contribution in [-0.4, -0.2) is 16.6 Å². The number of rotatable bonds is 3. The van der Waals surface area contributed by atoms with Gasteiger partial charge in [0.05, 0.1) is 10.3 Å². The predicted octanol–water partition coefficient (Wildman–Crippen LogP) is 2.80. The SMILES string of the molecule is CNc1nccn1Cc1ccc(Br)s1. The molecule has 74 valence electrons. The van der Waals surface area contributed by atoms with Gasteiger partial charge in [-0.15, -0.1) is 11.3 Å². The molecule has 0 saturated heterocycles. The van der Waals surface area contributed by atoms with Crippen molar-refractivity contribution in [3.05, 3.63) is 33.2 Å². The molecule has 0 aromatic carbocycles. The number of nitrogens with one attached hydrogen (secondary N) is 1. The molecule has 0 aliphatic carbocycles. The fourth-order valence-electron chi connectivity index (χ4n) is 1.27. The Kier molecular flexibility index (Phi) is 2.88. The molecule has 0 aliphatic rings. The summed E-state index contributed by atoms with van der Waals surface area (Å²) in [5.41, 5.74) is 0.